The van der Waals surface area contributed by atoms with Crippen molar-refractivity contribution in [3.63, 3.8) is 0 Å². The van der Waals surface area contributed by atoms with Gasteiger partial charge in [-0.15, -0.1) is 0 Å². The van der Waals surface area contributed by atoms with Gasteiger partial charge in [-0.2, -0.15) is 0 Å². The highest BCUT2D eigenvalue weighted by Crippen LogP contribution is 2.21. The lowest BCUT2D eigenvalue weighted by atomic mass is 9.99. The summed E-state index contributed by atoms with van der Waals surface area (Å²) in [5.74, 6) is -0.114. The maximum atomic E-state index is 10.8. The van der Waals surface area contributed by atoms with Gasteiger partial charge in [-0.25, -0.2) is 0 Å². The van der Waals surface area contributed by atoms with Gasteiger partial charge in [-0.05, 0) is 41.2 Å². The maximum Gasteiger partial charge on any atom is 0.303 e. The zero-order chi connectivity index (χ0) is 22.6. The van der Waals surface area contributed by atoms with Gasteiger partial charge in [-0.1, -0.05) is 72.8 Å². The summed E-state index contributed by atoms with van der Waals surface area (Å²) in [6, 6.07) is 25.5. The molecule has 0 aliphatic rings. The van der Waals surface area contributed by atoms with Gasteiger partial charge in [0.05, 0.1) is 19.3 Å². The van der Waals surface area contributed by atoms with Gasteiger partial charge in [0.2, 0.25) is 0 Å². The molecule has 0 aromatic heterocycles. The molecule has 0 aliphatic heterocycles. The van der Waals surface area contributed by atoms with Crippen molar-refractivity contribution < 1.29 is 24.5 Å². The number of carbonyl (C=O) groups is 1. The first-order valence-corrected chi connectivity index (χ1v) is 10.9. The van der Waals surface area contributed by atoms with Crippen LogP contribution in [0.1, 0.15) is 34.8 Å². The van der Waals surface area contributed by atoms with E-state index in [4.69, 9.17) is 14.6 Å². The van der Waals surface area contributed by atoms with Gasteiger partial charge in [0.15, 0.2) is 0 Å². The standard InChI is InChI=1S/C27H30O5/c28-25(20-21-7-2-1-3-8-21)24-11-6-9-22(19-24)15-16-31-17-18-32-26-12-5-4-10-23(26)13-14-27(29)30/h1-12,19,25,28H,13-18,20H2,(H,29,30). The number of aliphatic hydroxyl groups is 1. The van der Waals surface area contributed by atoms with Crippen LogP contribution >= 0.6 is 0 Å². The molecule has 1 unspecified atom stereocenters. The van der Waals surface area contributed by atoms with Gasteiger partial charge in [0, 0.05) is 12.8 Å². The third-order valence-electron chi connectivity index (χ3n) is 5.21. The van der Waals surface area contributed by atoms with E-state index in [9.17, 15) is 9.90 Å². The topological polar surface area (TPSA) is 76.0 Å². The van der Waals surface area contributed by atoms with E-state index in [1.807, 2.05) is 78.9 Å². The number of aliphatic carboxylic acids is 1. The molecule has 0 bridgehead atoms. The fourth-order valence-electron chi connectivity index (χ4n) is 3.51. The Kier molecular flexibility index (Phi) is 9.29. The van der Waals surface area contributed by atoms with E-state index >= 15 is 0 Å². The third-order valence-corrected chi connectivity index (χ3v) is 5.21. The molecule has 0 radical (unpaired) electrons. The van der Waals surface area contributed by atoms with Crippen molar-refractivity contribution in [3.05, 3.63) is 101 Å². The smallest absolute Gasteiger partial charge is 0.303 e. The number of hydrogen-bond acceptors (Lipinski definition) is 4. The van der Waals surface area contributed by atoms with Crippen molar-refractivity contribution in [2.75, 3.05) is 19.8 Å². The quantitative estimate of drug-likeness (QED) is 0.384. The van der Waals surface area contributed by atoms with Crippen LogP contribution in [0.25, 0.3) is 0 Å². The largest absolute Gasteiger partial charge is 0.491 e. The lowest BCUT2D eigenvalue weighted by Crippen LogP contribution is -2.10. The van der Waals surface area contributed by atoms with E-state index < -0.39 is 12.1 Å². The summed E-state index contributed by atoms with van der Waals surface area (Å²) in [7, 11) is 0. The van der Waals surface area contributed by atoms with Crippen LogP contribution in [0.5, 0.6) is 5.75 Å². The van der Waals surface area contributed by atoms with Crippen molar-refractivity contribution >= 4 is 5.97 Å². The van der Waals surface area contributed by atoms with E-state index in [2.05, 4.69) is 0 Å². The molecule has 5 heteroatoms. The summed E-state index contributed by atoms with van der Waals surface area (Å²) in [5.41, 5.74) is 4.03. The van der Waals surface area contributed by atoms with E-state index in [1.165, 1.54) is 0 Å². The number of aryl methyl sites for hydroxylation is 1. The summed E-state index contributed by atoms with van der Waals surface area (Å²) in [5, 5.41) is 19.4. The van der Waals surface area contributed by atoms with Crippen molar-refractivity contribution in [3.8, 4) is 5.75 Å². The SMILES string of the molecule is O=C(O)CCc1ccccc1OCCOCCc1cccc(C(O)Cc2ccccc2)c1. The number of aliphatic hydroxyl groups excluding tert-OH is 1. The second-order valence-corrected chi connectivity index (χ2v) is 7.66. The molecule has 32 heavy (non-hydrogen) atoms. The molecule has 5 nitrogen and oxygen atoms in total. The predicted octanol–water partition coefficient (Wildman–Crippen LogP) is 4.62. The highest BCUT2D eigenvalue weighted by molar-refractivity contribution is 5.67. The van der Waals surface area contributed by atoms with Crippen molar-refractivity contribution in [2.24, 2.45) is 0 Å². The van der Waals surface area contributed by atoms with Gasteiger partial charge in [-0.3, -0.25) is 4.79 Å². The van der Waals surface area contributed by atoms with Crippen LogP contribution in [0, 0.1) is 0 Å². The zero-order valence-corrected chi connectivity index (χ0v) is 18.2. The van der Waals surface area contributed by atoms with Crippen LogP contribution < -0.4 is 4.74 Å². The number of hydrogen-bond donors (Lipinski definition) is 2. The third kappa shape index (κ3) is 7.84. The molecule has 2 N–H and O–H groups in total. The number of carboxylic acid groups (broad SMARTS) is 1. The zero-order valence-electron chi connectivity index (χ0n) is 18.2. The Labute approximate surface area is 189 Å². The van der Waals surface area contributed by atoms with Gasteiger partial charge in [0.25, 0.3) is 0 Å². The minimum Gasteiger partial charge on any atom is -0.491 e. The number of rotatable bonds is 13. The van der Waals surface area contributed by atoms with Gasteiger partial charge < -0.3 is 19.7 Å². The Morgan fingerprint density at radius 3 is 2.38 bits per heavy atom. The lowest BCUT2D eigenvalue weighted by Gasteiger charge is -2.13. The molecule has 0 aliphatic carbocycles. The Hall–Kier alpha value is -3.15. The number of para-hydroxylation sites is 1. The maximum absolute atomic E-state index is 10.8. The molecule has 0 saturated carbocycles. The predicted molar refractivity (Wildman–Crippen MR) is 124 cm³/mol. The molecule has 168 valence electrons. The molecule has 3 rings (SSSR count). The monoisotopic (exact) mass is 434 g/mol. The average Bonchev–Trinajstić information content (AvgIpc) is 2.81. The summed E-state index contributed by atoms with van der Waals surface area (Å²) < 4.78 is 11.5. The Balaban J connectivity index is 1.39. The Morgan fingerprint density at radius 1 is 0.812 bits per heavy atom. The molecule has 0 spiro atoms. The first kappa shape index (κ1) is 23.5. The molecule has 3 aromatic carbocycles. The van der Waals surface area contributed by atoms with Crippen LogP contribution in [0.3, 0.4) is 0 Å². The number of ether oxygens (including phenoxy) is 2. The summed E-state index contributed by atoms with van der Waals surface area (Å²) in [4.78, 5) is 10.8. The normalized spacial score (nSPS) is 11.8. The number of carboxylic acids is 1. The van der Waals surface area contributed by atoms with Gasteiger partial charge in [0.1, 0.15) is 12.4 Å². The fourth-order valence-corrected chi connectivity index (χ4v) is 3.51. The molecule has 0 amide bonds. The molecule has 1 atom stereocenters. The van der Waals surface area contributed by atoms with Crippen molar-refractivity contribution in [1.29, 1.82) is 0 Å². The summed E-state index contributed by atoms with van der Waals surface area (Å²) >= 11 is 0. The Morgan fingerprint density at radius 2 is 1.56 bits per heavy atom. The number of benzene rings is 3. The Bertz CT molecular complexity index is 971. The van der Waals surface area contributed by atoms with E-state index in [-0.39, 0.29) is 6.42 Å². The molecule has 0 saturated heterocycles. The molecule has 0 fully saturated rings. The fraction of sp³-hybridized carbons (Fsp3) is 0.296. The molecular formula is C27H30O5. The minimum absolute atomic E-state index is 0.0793. The van der Waals surface area contributed by atoms with Crippen molar-refractivity contribution in [1.82, 2.24) is 0 Å². The summed E-state index contributed by atoms with van der Waals surface area (Å²) in [6.07, 6.45) is 1.33. The van der Waals surface area contributed by atoms with E-state index in [1.54, 1.807) is 0 Å². The highest BCUT2D eigenvalue weighted by Gasteiger charge is 2.09. The van der Waals surface area contributed by atoms with Crippen LogP contribution in [0.15, 0.2) is 78.9 Å². The van der Waals surface area contributed by atoms with Crippen LogP contribution in [-0.4, -0.2) is 36.0 Å². The first-order chi connectivity index (χ1) is 15.6. The molecular weight excluding hydrogens is 404 g/mol. The molecule has 0 heterocycles. The van der Waals surface area contributed by atoms with E-state index in [0.717, 1.165) is 28.7 Å². The van der Waals surface area contributed by atoms with Crippen LogP contribution in [0.4, 0.5) is 0 Å². The highest BCUT2D eigenvalue weighted by atomic mass is 16.5. The lowest BCUT2D eigenvalue weighted by molar-refractivity contribution is -0.136. The average molecular weight is 435 g/mol. The first-order valence-electron chi connectivity index (χ1n) is 10.9. The second kappa shape index (κ2) is 12.6. The minimum atomic E-state index is -0.820. The molecule has 3 aromatic rings. The summed E-state index contributed by atoms with van der Waals surface area (Å²) in [6.45, 7) is 1.41. The van der Waals surface area contributed by atoms with E-state index in [0.29, 0.717) is 38.4 Å². The second-order valence-electron chi connectivity index (χ2n) is 7.66. The van der Waals surface area contributed by atoms with Crippen molar-refractivity contribution in [2.45, 2.75) is 31.8 Å². The van der Waals surface area contributed by atoms with Crippen LogP contribution in [0.2, 0.25) is 0 Å². The van der Waals surface area contributed by atoms with Crippen LogP contribution in [-0.2, 0) is 28.8 Å². The van der Waals surface area contributed by atoms with Gasteiger partial charge >= 0.3 is 5.97 Å².